The van der Waals surface area contributed by atoms with Crippen LogP contribution < -0.4 is 15.8 Å². The van der Waals surface area contributed by atoms with Crippen LogP contribution in [0.25, 0.3) is 0 Å². The first kappa shape index (κ1) is 21.5. The molecule has 1 aromatic rings. The zero-order valence-corrected chi connectivity index (χ0v) is 16.4. The number of rotatable bonds is 3. The summed E-state index contributed by atoms with van der Waals surface area (Å²) in [6.07, 6.45) is -1.94. The number of anilines is 1. The molecule has 0 spiro atoms. The molecule has 0 unspecified atom stereocenters. The number of guanidine groups is 1. The summed E-state index contributed by atoms with van der Waals surface area (Å²) in [5.41, 5.74) is -0.168. The molecule has 7 nitrogen and oxygen atoms in total. The molecular formula is C14H22F3IN6O. The van der Waals surface area contributed by atoms with Gasteiger partial charge in [-0.3, -0.25) is 9.79 Å². The van der Waals surface area contributed by atoms with Crippen molar-refractivity contribution < 1.29 is 13.2 Å². The van der Waals surface area contributed by atoms with Crippen molar-refractivity contribution in [3.05, 3.63) is 22.7 Å². The van der Waals surface area contributed by atoms with Gasteiger partial charge in [0.15, 0.2) is 11.8 Å². The zero-order chi connectivity index (χ0) is 17.7. The molecule has 1 N–H and O–H groups in total. The van der Waals surface area contributed by atoms with E-state index in [9.17, 15) is 18.0 Å². The fraction of sp³-hybridized carbons (Fsp3) is 0.643. The smallest absolute Gasteiger partial charge is 0.356 e. The average molecular weight is 474 g/mol. The Morgan fingerprint density at radius 3 is 2.52 bits per heavy atom. The van der Waals surface area contributed by atoms with E-state index in [0.29, 0.717) is 38.0 Å². The van der Waals surface area contributed by atoms with Crippen LogP contribution >= 0.6 is 24.0 Å². The van der Waals surface area contributed by atoms with Crippen molar-refractivity contribution in [1.29, 1.82) is 0 Å². The van der Waals surface area contributed by atoms with Crippen LogP contribution in [-0.4, -0.2) is 66.4 Å². The van der Waals surface area contributed by atoms with Crippen molar-refractivity contribution in [2.75, 3.05) is 44.7 Å². The van der Waals surface area contributed by atoms with Gasteiger partial charge in [0.1, 0.15) is 0 Å². The highest BCUT2D eigenvalue weighted by Crippen LogP contribution is 2.18. The SMILES string of the molecule is CN=C(NCCC(F)(F)F)N1CCN(c2nccn(C)c2=O)CC1.I. The summed E-state index contributed by atoms with van der Waals surface area (Å²) in [6, 6.07) is 0. The largest absolute Gasteiger partial charge is 0.390 e. The number of nitrogens with zero attached hydrogens (tertiary/aromatic N) is 5. The molecule has 0 atom stereocenters. The summed E-state index contributed by atoms with van der Waals surface area (Å²) in [4.78, 5) is 24.0. The summed E-state index contributed by atoms with van der Waals surface area (Å²) in [7, 11) is 3.20. The number of hydrogen-bond acceptors (Lipinski definition) is 4. The quantitative estimate of drug-likeness (QED) is 0.403. The van der Waals surface area contributed by atoms with Crippen LogP contribution in [-0.2, 0) is 7.05 Å². The number of aliphatic imine (C=N–C) groups is 1. The van der Waals surface area contributed by atoms with E-state index in [1.807, 2.05) is 9.80 Å². The van der Waals surface area contributed by atoms with Gasteiger partial charge in [0, 0.05) is 59.2 Å². The normalized spacial score (nSPS) is 15.8. The molecule has 1 fully saturated rings. The fourth-order valence-electron chi connectivity index (χ4n) is 2.48. The Labute approximate surface area is 160 Å². The molecule has 2 heterocycles. The van der Waals surface area contributed by atoms with Gasteiger partial charge < -0.3 is 19.7 Å². The van der Waals surface area contributed by atoms with E-state index in [0.717, 1.165) is 0 Å². The topological polar surface area (TPSA) is 65.8 Å². The Balaban J connectivity index is 0.00000312. The van der Waals surface area contributed by atoms with E-state index in [4.69, 9.17) is 0 Å². The van der Waals surface area contributed by atoms with E-state index >= 15 is 0 Å². The summed E-state index contributed by atoms with van der Waals surface area (Å²) >= 11 is 0. The minimum absolute atomic E-state index is 0. The molecule has 2 rings (SSSR count). The molecule has 1 aromatic heterocycles. The van der Waals surface area contributed by atoms with Crippen LogP contribution in [0.1, 0.15) is 6.42 Å². The van der Waals surface area contributed by atoms with E-state index in [1.165, 1.54) is 11.6 Å². The fourth-order valence-corrected chi connectivity index (χ4v) is 2.48. The molecule has 0 saturated carbocycles. The van der Waals surface area contributed by atoms with Gasteiger partial charge in [-0.2, -0.15) is 13.2 Å². The second kappa shape index (κ2) is 9.25. The van der Waals surface area contributed by atoms with Gasteiger partial charge in [0.05, 0.1) is 6.42 Å². The third kappa shape index (κ3) is 6.04. The maximum absolute atomic E-state index is 12.2. The van der Waals surface area contributed by atoms with Gasteiger partial charge >= 0.3 is 6.18 Å². The first-order chi connectivity index (χ1) is 11.3. The van der Waals surface area contributed by atoms with Crippen LogP contribution in [0.15, 0.2) is 22.2 Å². The summed E-state index contributed by atoms with van der Waals surface area (Å²) in [5.74, 6) is 0.826. The van der Waals surface area contributed by atoms with Gasteiger partial charge in [-0.15, -0.1) is 24.0 Å². The number of aryl methyl sites for hydroxylation is 1. The maximum atomic E-state index is 12.2. The van der Waals surface area contributed by atoms with Crippen LogP contribution in [0, 0.1) is 0 Å². The third-order valence-corrected chi connectivity index (χ3v) is 3.78. The monoisotopic (exact) mass is 474 g/mol. The number of nitrogens with one attached hydrogen (secondary N) is 1. The maximum Gasteiger partial charge on any atom is 0.390 e. The van der Waals surface area contributed by atoms with E-state index in [1.54, 1.807) is 19.4 Å². The van der Waals surface area contributed by atoms with Crippen molar-refractivity contribution in [3.8, 4) is 0 Å². The second-order valence-electron chi connectivity index (χ2n) is 5.48. The van der Waals surface area contributed by atoms with Gasteiger partial charge in [-0.1, -0.05) is 0 Å². The number of halogens is 4. The first-order valence-corrected chi connectivity index (χ1v) is 7.61. The molecule has 0 aromatic carbocycles. The van der Waals surface area contributed by atoms with Crippen molar-refractivity contribution in [3.63, 3.8) is 0 Å². The molecule has 25 heavy (non-hydrogen) atoms. The van der Waals surface area contributed by atoms with Gasteiger partial charge in [-0.05, 0) is 0 Å². The lowest BCUT2D eigenvalue weighted by atomic mass is 10.3. The molecule has 142 valence electrons. The Morgan fingerprint density at radius 1 is 1.32 bits per heavy atom. The second-order valence-corrected chi connectivity index (χ2v) is 5.48. The molecule has 0 radical (unpaired) electrons. The van der Waals surface area contributed by atoms with E-state index in [-0.39, 0.29) is 36.1 Å². The zero-order valence-electron chi connectivity index (χ0n) is 14.1. The van der Waals surface area contributed by atoms with Crippen molar-refractivity contribution in [1.82, 2.24) is 19.8 Å². The van der Waals surface area contributed by atoms with Crippen LogP contribution in [0.4, 0.5) is 19.0 Å². The van der Waals surface area contributed by atoms with Crippen LogP contribution in [0.3, 0.4) is 0 Å². The lowest BCUT2D eigenvalue weighted by molar-refractivity contribution is -0.132. The summed E-state index contributed by atoms with van der Waals surface area (Å²) in [6.45, 7) is 1.98. The lowest BCUT2D eigenvalue weighted by Crippen LogP contribution is -2.54. The number of piperazine rings is 1. The highest BCUT2D eigenvalue weighted by atomic mass is 127. The van der Waals surface area contributed by atoms with Crippen LogP contribution in [0.5, 0.6) is 0 Å². The molecule has 0 bridgehead atoms. The highest BCUT2D eigenvalue weighted by Gasteiger charge is 2.27. The Kier molecular flexibility index (Phi) is 7.96. The average Bonchev–Trinajstić information content (AvgIpc) is 2.54. The molecule has 1 aliphatic rings. The first-order valence-electron chi connectivity index (χ1n) is 7.61. The molecule has 1 saturated heterocycles. The molecule has 1 aliphatic heterocycles. The standard InChI is InChI=1S/C14H21F3N6O.HI/c1-18-13(20-4-3-14(15,16)17)23-9-7-22(8-10-23)11-12(24)21(2)6-5-19-11;/h5-6H,3-4,7-10H2,1-2H3,(H,18,20);1H. The van der Waals surface area contributed by atoms with Gasteiger partial charge in [0.2, 0.25) is 0 Å². The third-order valence-electron chi connectivity index (χ3n) is 3.78. The predicted octanol–water partition coefficient (Wildman–Crippen LogP) is 1.05. The van der Waals surface area contributed by atoms with Crippen LogP contribution in [0.2, 0.25) is 0 Å². The Morgan fingerprint density at radius 2 is 1.96 bits per heavy atom. The number of alkyl halides is 3. The summed E-state index contributed by atoms with van der Waals surface area (Å²) < 4.78 is 38.1. The van der Waals surface area contributed by atoms with Gasteiger partial charge in [0.25, 0.3) is 5.56 Å². The van der Waals surface area contributed by atoms with E-state index in [2.05, 4.69) is 15.3 Å². The lowest BCUT2D eigenvalue weighted by Gasteiger charge is -2.36. The minimum Gasteiger partial charge on any atom is -0.356 e. The Hall–Kier alpha value is -1.53. The van der Waals surface area contributed by atoms with Gasteiger partial charge in [-0.25, -0.2) is 4.98 Å². The minimum atomic E-state index is -4.19. The number of hydrogen-bond donors (Lipinski definition) is 1. The molecule has 0 aliphatic carbocycles. The molecular weight excluding hydrogens is 452 g/mol. The highest BCUT2D eigenvalue weighted by molar-refractivity contribution is 14.0. The summed E-state index contributed by atoms with van der Waals surface area (Å²) in [5, 5.41) is 2.73. The van der Waals surface area contributed by atoms with Crippen molar-refractivity contribution >= 4 is 35.8 Å². The number of aromatic nitrogens is 2. The molecule has 11 heteroatoms. The Bertz CT molecular complexity index is 640. The van der Waals surface area contributed by atoms with E-state index < -0.39 is 12.6 Å². The van der Waals surface area contributed by atoms with Crippen molar-refractivity contribution in [2.45, 2.75) is 12.6 Å². The predicted molar refractivity (Wildman–Crippen MR) is 101 cm³/mol. The van der Waals surface area contributed by atoms with Crippen molar-refractivity contribution in [2.24, 2.45) is 12.0 Å². The molecule has 0 amide bonds.